The number of aromatic hydroxyl groups is 1. The summed E-state index contributed by atoms with van der Waals surface area (Å²) in [6.45, 7) is -0.965. The van der Waals surface area contributed by atoms with Crippen LogP contribution in [0.4, 0.5) is 5.69 Å². The number of nitrogens with zero attached hydrogens (tertiary/aromatic N) is 1. The van der Waals surface area contributed by atoms with Gasteiger partial charge in [-0.15, -0.1) is 0 Å². The average Bonchev–Trinajstić information content (AvgIpc) is 2.15. The number of para-hydroxylation sites is 2. The Kier molecular flexibility index (Phi) is 11.9. The molecule has 0 bridgehead atoms. The fourth-order valence-electron chi connectivity index (χ4n) is 1.28. The van der Waals surface area contributed by atoms with E-state index < -0.39 is 25.0 Å². The van der Waals surface area contributed by atoms with Crippen LogP contribution in [0.3, 0.4) is 0 Å². The second-order valence-corrected chi connectivity index (χ2v) is 3.13. The number of hydrogen-bond acceptors (Lipinski definition) is 4. The number of anilines is 1. The quantitative estimate of drug-likeness (QED) is 0.442. The number of carboxylic acid groups (broad SMARTS) is 2. The molecule has 0 spiro atoms. The summed E-state index contributed by atoms with van der Waals surface area (Å²) in [6.07, 6.45) is 0. The predicted molar refractivity (Wildman–Crippen MR) is 65.3 cm³/mol. The Morgan fingerprint density at radius 1 is 1.00 bits per heavy atom. The molecule has 0 aliphatic heterocycles. The molecule has 0 saturated carbocycles. The maximum absolute atomic E-state index is 10.6. The zero-order chi connectivity index (χ0) is 12.1. The van der Waals surface area contributed by atoms with Gasteiger partial charge in [0.2, 0.25) is 0 Å². The fraction of sp³-hybridized carbons (Fsp3) is 0.200. The smallest absolute Gasteiger partial charge is 0.323 e. The van der Waals surface area contributed by atoms with Gasteiger partial charge >= 0.3 is 11.9 Å². The number of benzene rings is 1. The van der Waals surface area contributed by atoms with Gasteiger partial charge in [-0.1, -0.05) is 12.1 Å². The van der Waals surface area contributed by atoms with Crippen LogP contribution < -0.4 is 4.90 Å². The first kappa shape index (κ1) is 22.4. The molecule has 19 heavy (non-hydrogen) atoms. The minimum Gasteiger partial charge on any atom is -0.506 e. The molecule has 0 saturated heterocycles. The number of rotatable bonds is 5. The molecule has 0 aliphatic carbocycles. The fourth-order valence-corrected chi connectivity index (χ4v) is 1.28. The van der Waals surface area contributed by atoms with Crippen molar-refractivity contribution in [3.8, 4) is 5.75 Å². The minimum atomic E-state index is -1.16. The molecule has 112 valence electrons. The van der Waals surface area contributed by atoms with E-state index >= 15 is 0 Å². The van der Waals surface area contributed by atoms with Gasteiger partial charge < -0.3 is 31.2 Å². The second-order valence-electron chi connectivity index (χ2n) is 3.13. The van der Waals surface area contributed by atoms with Crippen LogP contribution >= 0.6 is 0 Å². The molecule has 1 aromatic carbocycles. The van der Waals surface area contributed by atoms with Crippen molar-refractivity contribution in [1.29, 1.82) is 0 Å². The summed E-state index contributed by atoms with van der Waals surface area (Å²) < 4.78 is 0. The van der Waals surface area contributed by atoms with Crippen LogP contribution in [-0.2, 0) is 37.0 Å². The maximum Gasteiger partial charge on any atom is 0.323 e. The van der Waals surface area contributed by atoms with Crippen molar-refractivity contribution < 1.29 is 52.4 Å². The van der Waals surface area contributed by atoms with E-state index in [1.165, 1.54) is 12.1 Å². The molecular weight excluding hydrogens is 305 g/mol. The van der Waals surface area contributed by atoms with Crippen molar-refractivity contribution in [2.45, 2.75) is 0 Å². The van der Waals surface area contributed by atoms with Crippen molar-refractivity contribution in [2.75, 3.05) is 18.0 Å². The normalized spacial score (nSPS) is 8.21. The Morgan fingerprint density at radius 3 is 1.79 bits per heavy atom. The molecule has 1 rings (SSSR count). The number of phenols is 1. The zero-order valence-electron chi connectivity index (χ0n) is 9.80. The number of aliphatic carboxylic acids is 2. The summed E-state index contributed by atoms with van der Waals surface area (Å²) in [7, 11) is 0. The molecule has 8 nitrogen and oxygen atoms in total. The van der Waals surface area contributed by atoms with Crippen molar-refractivity contribution >= 4 is 17.6 Å². The van der Waals surface area contributed by atoms with Crippen molar-refractivity contribution in [3.05, 3.63) is 24.3 Å². The Hall–Kier alpha value is -1.83. The van der Waals surface area contributed by atoms with Crippen LogP contribution in [0.15, 0.2) is 24.3 Å². The summed E-state index contributed by atoms with van der Waals surface area (Å²) in [6, 6.07) is 5.98. The third-order valence-electron chi connectivity index (χ3n) is 1.87. The molecule has 9 N–H and O–H groups in total. The van der Waals surface area contributed by atoms with E-state index in [2.05, 4.69) is 0 Å². The van der Waals surface area contributed by atoms with Gasteiger partial charge in [-0.2, -0.15) is 0 Å². The van der Waals surface area contributed by atoms with E-state index in [1.807, 2.05) is 0 Å². The van der Waals surface area contributed by atoms with Crippen LogP contribution in [0, 0.1) is 0 Å². The summed E-state index contributed by atoms with van der Waals surface area (Å²) in [5, 5.41) is 26.7. The van der Waals surface area contributed by atoms with Gasteiger partial charge in [0.1, 0.15) is 18.8 Å². The number of carbonyl (C=O) groups is 2. The Morgan fingerprint density at radius 2 is 1.42 bits per heavy atom. The number of phenolic OH excluding ortho intramolecular Hbond substituents is 1. The molecule has 0 unspecified atom stereocenters. The molecule has 0 heterocycles. The molecule has 9 heteroatoms. The van der Waals surface area contributed by atoms with Crippen LogP contribution in [0.1, 0.15) is 0 Å². The van der Waals surface area contributed by atoms with Gasteiger partial charge in [-0.3, -0.25) is 9.59 Å². The summed E-state index contributed by atoms with van der Waals surface area (Å²) in [4.78, 5) is 22.2. The Balaban J connectivity index is -0.000000853. The Labute approximate surface area is 118 Å². The van der Waals surface area contributed by atoms with E-state index in [0.717, 1.165) is 4.90 Å². The number of hydrogen-bond donors (Lipinski definition) is 3. The monoisotopic (exact) mass is 321 g/mol. The standard InChI is InChI=1S/C10H11NO5.Ni.2H2O/c12-8-4-2-1-3-7(8)11(5-9(13)14)6-10(15)16;;;/h1-4,12H,5-6H2,(H,13,14)(H,15,16);;2*1H2/p+2. The topological polar surface area (TPSA) is 164 Å². The van der Waals surface area contributed by atoms with Crippen molar-refractivity contribution in [1.82, 2.24) is 0 Å². The molecule has 0 atom stereocenters. The van der Waals surface area contributed by atoms with Crippen LogP contribution in [0.25, 0.3) is 0 Å². The molecule has 0 aromatic heterocycles. The third kappa shape index (κ3) is 7.25. The van der Waals surface area contributed by atoms with Gasteiger partial charge in [0.15, 0.2) is 0 Å². The van der Waals surface area contributed by atoms with E-state index in [9.17, 15) is 14.7 Å². The van der Waals surface area contributed by atoms with Crippen molar-refractivity contribution in [3.63, 3.8) is 0 Å². The Bertz CT molecular complexity index is 397. The summed E-state index contributed by atoms with van der Waals surface area (Å²) in [5.74, 6) is -2.47. The molecule has 0 amide bonds. The van der Waals surface area contributed by atoms with Gasteiger partial charge in [0.25, 0.3) is 0 Å². The van der Waals surface area contributed by atoms with Crippen LogP contribution in [0.2, 0.25) is 0 Å². The molecule has 0 fully saturated rings. The largest absolute Gasteiger partial charge is 0.506 e. The summed E-state index contributed by atoms with van der Waals surface area (Å²) >= 11 is 0. The predicted octanol–water partition coefficient (Wildman–Crippen LogP) is -1.48. The second kappa shape index (κ2) is 10.1. The van der Waals surface area contributed by atoms with Crippen molar-refractivity contribution in [2.24, 2.45) is 0 Å². The third-order valence-corrected chi connectivity index (χ3v) is 1.87. The summed E-state index contributed by atoms with van der Waals surface area (Å²) in [5.41, 5.74) is 0.187. The van der Waals surface area contributed by atoms with Crippen LogP contribution in [0.5, 0.6) is 5.75 Å². The first-order chi connectivity index (χ1) is 7.50. The van der Waals surface area contributed by atoms with E-state index in [1.54, 1.807) is 12.1 Å². The first-order valence-electron chi connectivity index (χ1n) is 4.47. The van der Waals surface area contributed by atoms with Gasteiger partial charge in [-0.25, -0.2) is 0 Å². The first-order valence-corrected chi connectivity index (χ1v) is 4.47. The average molecular weight is 322 g/mol. The van der Waals surface area contributed by atoms with Crippen LogP contribution in [-0.4, -0.2) is 40.3 Å². The molecule has 0 radical (unpaired) electrons. The number of carboxylic acids is 2. The minimum absolute atomic E-state index is 0. The maximum atomic E-state index is 10.6. The van der Waals surface area contributed by atoms with E-state index in [0.29, 0.717) is 0 Å². The molecular formula is C10H17NNiO7+2. The molecule has 1 aromatic rings. The SMILES string of the molecule is O=C(O)CN(CC(=O)O)c1ccccc1O.[Ni].[OH3+].[OH3+]. The van der Waals surface area contributed by atoms with Gasteiger partial charge in [-0.05, 0) is 12.1 Å². The van der Waals surface area contributed by atoms with E-state index in [4.69, 9.17) is 10.2 Å². The van der Waals surface area contributed by atoms with Gasteiger partial charge in [0.05, 0.1) is 5.69 Å². The zero-order valence-corrected chi connectivity index (χ0v) is 10.8. The van der Waals surface area contributed by atoms with E-state index in [-0.39, 0.29) is 38.9 Å². The molecule has 0 aliphatic rings. The van der Waals surface area contributed by atoms with Gasteiger partial charge in [0, 0.05) is 16.5 Å².